The number of carbonyl (C=O) groups is 1. The molecular weight excluding hydrogens is 324 g/mol. The van der Waals surface area contributed by atoms with Gasteiger partial charge in [0.05, 0.1) is 12.2 Å². The summed E-state index contributed by atoms with van der Waals surface area (Å²) in [5, 5.41) is 6.00. The van der Waals surface area contributed by atoms with Gasteiger partial charge in [-0.05, 0) is 43.3 Å². The molecule has 0 aliphatic rings. The zero-order valence-corrected chi connectivity index (χ0v) is 14.5. The van der Waals surface area contributed by atoms with E-state index in [1.54, 1.807) is 18.3 Å². The zero-order chi connectivity index (χ0) is 18.2. The van der Waals surface area contributed by atoms with Gasteiger partial charge in [0.25, 0.3) is 5.91 Å². The lowest BCUT2D eigenvalue weighted by Gasteiger charge is -2.12. The molecule has 3 rings (SSSR count). The minimum absolute atomic E-state index is 0.215. The normalized spacial score (nSPS) is 11.0. The molecule has 1 amide bonds. The zero-order valence-electron chi connectivity index (χ0n) is 14.5. The molecule has 5 heteroatoms. The molecule has 0 bridgehead atoms. The Kier molecular flexibility index (Phi) is 5.72. The summed E-state index contributed by atoms with van der Waals surface area (Å²) < 4.78 is 0. The Bertz CT molecular complexity index is 875. The van der Waals surface area contributed by atoms with Crippen molar-refractivity contribution in [1.82, 2.24) is 10.3 Å². The van der Waals surface area contributed by atoms with Crippen LogP contribution in [-0.2, 0) is 6.54 Å². The van der Waals surface area contributed by atoms with Gasteiger partial charge in [0, 0.05) is 17.4 Å². The number of aromatic nitrogens is 1. The number of para-hydroxylation sites is 1. The Hall–Kier alpha value is -3.47. The van der Waals surface area contributed by atoms with E-state index in [2.05, 4.69) is 20.6 Å². The molecule has 0 saturated heterocycles. The number of aliphatic imine (C=N–C) groups is 1. The summed E-state index contributed by atoms with van der Waals surface area (Å²) in [4.78, 5) is 21.3. The first-order chi connectivity index (χ1) is 12.7. The number of hydrogen-bond donors (Lipinski definition) is 2. The van der Waals surface area contributed by atoms with Crippen molar-refractivity contribution < 1.29 is 4.79 Å². The van der Waals surface area contributed by atoms with Crippen molar-refractivity contribution in [2.75, 3.05) is 5.32 Å². The smallest absolute Gasteiger partial charge is 0.257 e. The average Bonchev–Trinajstić information content (AvgIpc) is 2.68. The van der Waals surface area contributed by atoms with Crippen molar-refractivity contribution in [3.05, 3.63) is 95.8 Å². The molecule has 26 heavy (non-hydrogen) atoms. The first-order valence-electron chi connectivity index (χ1n) is 8.35. The highest BCUT2D eigenvalue weighted by Gasteiger charge is 2.09. The average molecular weight is 344 g/mol. The second kappa shape index (κ2) is 8.58. The third-order valence-electron chi connectivity index (χ3n) is 3.71. The fourth-order valence-corrected chi connectivity index (χ4v) is 2.30. The first kappa shape index (κ1) is 17.4. The summed E-state index contributed by atoms with van der Waals surface area (Å²) in [6.45, 7) is 2.35. The number of nitrogens with zero attached hydrogens (tertiary/aromatic N) is 2. The second-order valence-electron chi connectivity index (χ2n) is 5.80. The number of nitrogens with one attached hydrogen (secondary N) is 2. The van der Waals surface area contributed by atoms with Crippen LogP contribution in [0.1, 0.15) is 21.6 Å². The molecule has 0 fully saturated rings. The minimum Gasteiger partial charge on any atom is -0.326 e. The number of amides is 1. The Labute approximate surface area is 152 Å². The maximum atomic E-state index is 12.5. The van der Waals surface area contributed by atoms with Gasteiger partial charge in [-0.2, -0.15) is 0 Å². The van der Waals surface area contributed by atoms with Crippen LogP contribution < -0.4 is 10.6 Å². The molecule has 0 aliphatic carbocycles. The molecule has 0 aliphatic heterocycles. The van der Waals surface area contributed by atoms with E-state index < -0.39 is 0 Å². The fourth-order valence-electron chi connectivity index (χ4n) is 2.30. The largest absolute Gasteiger partial charge is 0.326 e. The van der Waals surface area contributed by atoms with Crippen molar-refractivity contribution in [2.24, 2.45) is 4.99 Å². The summed E-state index contributed by atoms with van der Waals surface area (Å²) in [5.74, 6) is 0.167. The lowest BCUT2D eigenvalue weighted by Crippen LogP contribution is -2.36. The Morgan fingerprint density at radius 3 is 2.38 bits per heavy atom. The van der Waals surface area contributed by atoms with Crippen molar-refractivity contribution >= 4 is 17.6 Å². The van der Waals surface area contributed by atoms with Gasteiger partial charge >= 0.3 is 0 Å². The van der Waals surface area contributed by atoms with Crippen LogP contribution >= 0.6 is 0 Å². The monoisotopic (exact) mass is 344 g/mol. The van der Waals surface area contributed by atoms with E-state index in [1.165, 1.54) is 0 Å². The van der Waals surface area contributed by atoms with Gasteiger partial charge in [-0.15, -0.1) is 0 Å². The van der Waals surface area contributed by atoms with Crippen molar-refractivity contribution in [3.8, 4) is 0 Å². The van der Waals surface area contributed by atoms with Gasteiger partial charge in [0.1, 0.15) is 0 Å². The number of anilines is 1. The molecule has 1 aromatic heterocycles. The van der Waals surface area contributed by atoms with Crippen LogP contribution in [0, 0.1) is 6.92 Å². The molecule has 130 valence electrons. The Morgan fingerprint density at radius 2 is 1.69 bits per heavy atom. The standard InChI is InChI=1S/C21H20N4O/c1-16-10-12-17(13-11-16)20(26)25-21(24-18-7-3-2-4-8-18)23-15-19-9-5-6-14-22-19/h2-14H,15H2,1H3,(H2,23,24,25,26). The number of benzene rings is 2. The number of rotatable bonds is 4. The summed E-state index contributed by atoms with van der Waals surface area (Å²) >= 11 is 0. The van der Waals surface area contributed by atoms with E-state index in [9.17, 15) is 4.79 Å². The maximum Gasteiger partial charge on any atom is 0.257 e. The molecule has 0 unspecified atom stereocenters. The van der Waals surface area contributed by atoms with Gasteiger partial charge in [-0.1, -0.05) is 42.0 Å². The van der Waals surface area contributed by atoms with E-state index in [0.29, 0.717) is 18.1 Å². The SMILES string of the molecule is Cc1ccc(C(=O)NC(=NCc2ccccn2)Nc2ccccc2)cc1. The molecule has 0 atom stereocenters. The van der Waals surface area contributed by atoms with Crippen LogP contribution in [0.25, 0.3) is 0 Å². The molecule has 0 radical (unpaired) electrons. The molecule has 2 N–H and O–H groups in total. The van der Waals surface area contributed by atoms with E-state index in [-0.39, 0.29) is 5.91 Å². The number of carbonyl (C=O) groups excluding carboxylic acids is 1. The van der Waals surface area contributed by atoms with E-state index in [1.807, 2.05) is 67.6 Å². The third kappa shape index (κ3) is 5.01. The van der Waals surface area contributed by atoms with Crippen molar-refractivity contribution in [2.45, 2.75) is 13.5 Å². The molecule has 3 aromatic rings. The topological polar surface area (TPSA) is 66.4 Å². The van der Waals surface area contributed by atoms with Crippen LogP contribution in [0.5, 0.6) is 0 Å². The Morgan fingerprint density at radius 1 is 0.962 bits per heavy atom. The summed E-state index contributed by atoms with van der Waals surface area (Å²) in [5.41, 5.74) is 3.35. The molecule has 0 saturated carbocycles. The van der Waals surface area contributed by atoms with Gasteiger partial charge < -0.3 is 5.32 Å². The third-order valence-corrected chi connectivity index (χ3v) is 3.71. The highest BCUT2D eigenvalue weighted by atomic mass is 16.1. The van der Waals surface area contributed by atoms with E-state index in [4.69, 9.17) is 0 Å². The van der Waals surface area contributed by atoms with Crippen LogP contribution in [0.4, 0.5) is 5.69 Å². The van der Waals surface area contributed by atoms with Gasteiger partial charge in [0.15, 0.2) is 0 Å². The van der Waals surface area contributed by atoms with Gasteiger partial charge in [-0.3, -0.25) is 15.1 Å². The predicted molar refractivity (Wildman–Crippen MR) is 104 cm³/mol. The highest BCUT2D eigenvalue weighted by Crippen LogP contribution is 2.07. The molecule has 5 nitrogen and oxygen atoms in total. The quantitative estimate of drug-likeness (QED) is 0.559. The predicted octanol–water partition coefficient (Wildman–Crippen LogP) is 3.79. The second-order valence-corrected chi connectivity index (χ2v) is 5.80. The summed E-state index contributed by atoms with van der Waals surface area (Å²) in [6.07, 6.45) is 1.72. The molecule has 0 spiro atoms. The van der Waals surface area contributed by atoms with Gasteiger partial charge in [0.2, 0.25) is 5.96 Å². The highest BCUT2D eigenvalue weighted by molar-refractivity contribution is 6.09. The molecule has 2 aromatic carbocycles. The molecule has 1 heterocycles. The van der Waals surface area contributed by atoms with E-state index in [0.717, 1.165) is 16.9 Å². The van der Waals surface area contributed by atoms with Crippen molar-refractivity contribution in [1.29, 1.82) is 0 Å². The first-order valence-corrected chi connectivity index (χ1v) is 8.35. The lowest BCUT2D eigenvalue weighted by molar-refractivity contribution is 0.0977. The number of guanidine groups is 1. The van der Waals surface area contributed by atoms with Crippen LogP contribution in [0.15, 0.2) is 84.0 Å². The minimum atomic E-state index is -0.215. The van der Waals surface area contributed by atoms with Crippen LogP contribution in [0.3, 0.4) is 0 Å². The van der Waals surface area contributed by atoms with Crippen molar-refractivity contribution in [3.63, 3.8) is 0 Å². The maximum absolute atomic E-state index is 12.5. The fraction of sp³-hybridized carbons (Fsp3) is 0.0952. The number of aryl methyl sites for hydroxylation is 1. The molecular formula is C21H20N4O. The number of pyridine rings is 1. The number of hydrogen-bond acceptors (Lipinski definition) is 3. The van der Waals surface area contributed by atoms with Crippen LogP contribution in [0.2, 0.25) is 0 Å². The Balaban J connectivity index is 1.77. The van der Waals surface area contributed by atoms with Gasteiger partial charge in [-0.25, -0.2) is 4.99 Å². The summed E-state index contributed by atoms with van der Waals surface area (Å²) in [7, 11) is 0. The van der Waals surface area contributed by atoms with Crippen LogP contribution in [-0.4, -0.2) is 16.9 Å². The lowest BCUT2D eigenvalue weighted by atomic mass is 10.1. The van der Waals surface area contributed by atoms with E-state index >= 15 is 0 Å². The summed E-state index contributed by atoms with van der Waals surface area (Å²) in [6, 6.07) is 22.7.